The Morgan fingerprint density at radius 1 is 1.32 bits per heavy atom. The molecule has 0 fully saturated rings. The van der Waals surface area contributed by atoms with Crippen molar-refractivity contribution >= 4 is 5.91 Å². The molecular weight excluding hydrogens is 270 g/mol. The number of hydrogen-bond acceptors (Lipinski definition) is 1. The minimum absolute atomic E-state index is 0.0503. The average molecular weight is 297 g/mol. The zero-order chi connectivity index (χ0) is 16.4. The van der Waals surface area contributed by atoms with Crippen LogP contribution in [0.25, 0.3) is 0 Å². The highest BCUT2D eigenvalue weighted by Gasteiger charge is 2.07. The predicted molar refractivity (Wildman–Crippen MR) is 95.2 cm³/mol. The van der Waals surface area contributed by atoms with Crippen molar-refractivity contribution in [2.24, 2.45) is 0 Å². The second kappa shape index (κ2) is 9.78. The summed E-state index contributed by atoms with van der Waals surface area (Å²) in [6.45, 7) is 10.6. The molecular formula is C20H27NO. The molecule has 0 aliphatic carbocycles. The summed E-state index contributed by atoms with van der Waals surface area (Å²) in [7, 11) is 0. The third-order valence-corrected chi connectivity index (χ3v) is 3.52. The first-order chi connectivity index (χ1) is 10.6. The maximum absolute atomic E-state index is 12.2. The fraction of sp³-hybridized carbons (Fsp3) is 0.350. The van der Waals surface area contributed by atoms with E-state index in [1.54, 1.807) is 0 Å². The number of carbonyl (C=O) groups is 1. The Hall–Kier alpha value is -2.09. The summed E-state index contributed by atoms with van der Waals surface area (Å²) in [5, 5.41) is 2.90. The summed E-state index contributed by atoms with van der Waals surface area (Å²) < 4.78 is 0. The summed E-state index contributed by atoms with van der Waals surface area (Å²) in [6, 6.07) is 5.95. The van der Waals surface area contributed by atoms with Crippen molar-refractivity contribution in [2.75, 3.05) is 6.54 Å². The summed E-state index contributed by atoms with van der Waals surface area (Å²) in [5.41, 5.74) is 4.11. The number of carbonyl (C=O) groups excluding carboxylic acids is 1. The van der Waals surface area contributed by atoms with E-state index in [0.29, 0.717) is 12.1 Å². The van der Waals surface area contributed by atoms with E-state index >= 15 is 0 Å². The lowest BCUT2D eigenvalue weighted by atomic mass is 10.0. The Morgan fingerprint density at radius 2 is 2.09 bits per heavy atom. The van der Waals surface area contributed by atoms with E-state index in [-0.39, 0.29) is 5.91 Å². The molecule has 0 aliphatic rings. The summed E-state index contributed by atoms with van der Waals surface area (Å²) in [5.74, 6) is -0.0503. The van der Waals surface area contributed by atoms with Gasteiger partial charge in [0.15, 0.2) is 0 Å². The second-order valence-corrected chi connectivity index (χ2v) is 5.47. The van der Waals surface area contributed by atoms with E-state index in [9.17, 15) is 4.79 Å². The zero-order valence-electron chi connectivity index (χ0n) is 14.0. The van der Waals surface area contributed by atoms with Crippen LogP contribution in [0, 0.1) is 6.92 Å². The van der Waals surface area contributed by atoms with Crippen LogP contribution in [0.2, 0.25) is 0 Å². The monoisotopic (exact) mass is 297 g/mol. The summed E-state index contributed by atoms with van der Waals surface area (Å²) in [4.78, 5) is 12.2. The SMILES string of the molecule is C=C(/C=C\C=C/C)CNC(=O)c1ccc(CCCC)c(C)c1. The largest absolute Gasteiger partial charge is 0.348 e. The van der Waals surface area contributed by atoms with Gasteiger partial charge in [-0.05, 0) is 55.5 Å². The molecule has 0 aliphatic heterocycles. The number of amides is 1. The minimum atomic E-state index is -0.0503. The van der Waals surface area contributed by atoms with Gasteiger partial charge in [-0.3, -0.25) is 4.79 Å². The van der Waals surface area contributed by atoms with Crippen LogP contribution < -0.4 is 5.32 Å². The van der Waals surface area contributed by atoms with Gasteiger partial charge in [-0.2, -0.15) is 0 Å². The Morgan fingerprint density at radius 3 is 2.73 bits per heavy atom. The van der Waals surface area contributed by atoms with Crippen molar-refractivity contribution in [1.82, 2.24) is 5.32 Å². The highest BCUT2D eigenvalue weighted by molar-refractivity contribution is 5.94. The van der Waals surface area contributed by atoms with Crippen molar-refractivity contribution in [2.45, 2.75) is 40.0 Å². The topological polar surface area (TPSA) is 29.1 Å². The molecule has 1 N–H and O–H groups in total. The van der Waals surface area contributed by atoms with Crippen molar-refractivity contribution in [3.63, 3.8) is 0 Å². The van der Waals surface area contributed by atoms with Gasteiger partial charge in [0.2, 0.25) is 0 Å². The fourth-order valence-corrected chi connectivity index (χ4v) is 2.14. The molecule has 0 unspecified atom stereocenters. The number of nitrogens with one attached hydrogen (secondary N) is 1. The third kappa shape index (κ3) is 6.13. The maximum atomic E-state index is 12.2. The van der Waals surface area contributed by atoms with Gasteiger partial charge in [0.1, 0.15) is 0 Å². The van der Waals surface area contributed by atoms with Gasteiger partial charge in [0, 0.05) is 12.1 Å². The number of unbranched alkanes of at least 4 members (excludes halogenated alkanes) is 1. The number of aryl methyl sites for hydroxylation is 2. The molecule has 1 rings (SSSR count). The van der Waals surface area contributed by atoms with Crippen LogP contribution in [0.1, 0.15) is 48.2 Å². The van der Waals surface area contributed by atoms with Crippen molar-refractivity contribution < 1.29 is 4.79 Å². The standard InChI is InChI=1S/C20H27NO/c1-5-7-9-10-16(3)15-21-20(22)19-13-12-18(11-8-6-2)17(4)14-19/h5,7,9-10,12-14H,3,6,8,11,15H2,1-2,4H3,(H,21,22)/b7-5-,10-9-. The Kier molecular flexibility index (Phi) is 7.98. The molecule has 0 radical (unpaired) electrons. The van der Waals surface area contributed by atoms with Crippen LogP contribution in [0.15, 0.2) is 54.7 Å². The second-order valence-electron chi connectivity index (χ2n) is 5.47. The number of benzene rings is 1. The molecule has 1 aromatic rings. The normalized spacial score (nSPS) is 11.2. The van der Waals surface area contributed by atoms with Crippen molar-refractivity contribution in [3.05, 3.63) is 71.3 Å². The lowest BCUT2D eigenvalue weighted by Crippen LogP contribution is -2.25. The van der Waals surface area contributed by atoms with Crippen molar-refractivity contribution in [3.8, 4) is 0 Å². The minimum Gasteiger partial charge on any atom is -0.348 e. The van der Waals surface area contributed by atoms with Gasteiger partial charge >= 0.3 is 0 Å². The fourth-order valence-electron chi connectivity index (χ4n) is 2.14. The summed E-state index contributed by atoms with van der Waals surface area (Å²) in [6.07, 6.45) is 11.2. The predicted octanol–water partition coefficient (Wildman–Crippen LogP) is 4.76. The Bertz CT molecular complexity index is 567. The molecule has 0 heterocycles. The smallest absolute Gasteiger partial charge is 0.251 e. The van der Waals surface area contributed by atoms with E-state index < -0.39 is 0 Å². The maximum Gasteiger partial charge on any atom is 0.251 e. The highest BCUT2D eigenvalue weighted by atomic mass is 16.1. The highest BCUT2D eigenvalue weighted by Crippen LogP contribution is 2.14. The van der Waals surface area contributed by atoms with Crippen LogP contribution in [0.3, 0.4) is 0 Å². The molecule has 22 heavy (non-hydrogen) atoms. The molecule has 118 valence electrons. The van der Waals surface area contributed by atoms with Gasteiger partial charge in [-0.25, -0.2) is 0 Å². The first-order valence-corrected chi connectivity index (χ1v) is 7.93. The van der Waals surface area contributed by atoms with Crippen molar-refractivity contribution in [1.29, 1.82) is 0 Å². The van der Waals surface area contributed by atoms with Gasteiger partial charge in [0.05, 0.1) is 0 Å². The van der Waals surface area contributed by atoms with Crippen LogP contribution in [0.5, 0.6) is 0 Å². The van der Waals surface area contributed by atoms with E-state index in [2.05, 4.69) is 31.8 Å². The van der Waals surface area contributed by atoms with Crippen LogP contribution >= 0.6 is 0 Å². The Balaban J connectivity index is 2.59. The molecule has 0 saturated carbocycles. The van der Waals surface area contributed by atoms with Crippen LogP contribution in [-0.2, 0) is 6.42 Å². The molecule has 1 amide bonds. The molecule has 0 bridgehead atoms. The van der Waals surface area contributed by atoms with Crippen LogP contribution in [-0.4, -0.2) is 12.5 Å². The third-order valence-electron chi connectivity index (χ3n) is 3.52. The molecule has 1 aromatic carbocycles. The van der Waals surface area contributed by atoms with Gasteiger partial charge in [-0.1, -0.05) is 50.3 Å². The van der Waals surface area contributed by atoms with Gasteiger partial charge in [-0.15, -0.1) is 0 Å². The van der Waals surface area contributed by atoms with E-state index in [4.69, 9.17) is 0 Å². The van der Waals surface area contributed by atoms with E-state index in [1.807, 2.05) is 43.4 Å². The lowest BCUT2D eigenvalue weighted by Gasteiger charge is -2.09. The molecule has 0 saturated heterocycles. The molecule has 0 aromatic heterocycles. The first kappa shape index (κ1) is 18.0. The van der Waals surface area contributed by atoms with E-state index in [1.165, 1.54) is 24.0 Å². The average Bonchev–Trinajstić information content (AvgIpc) is 2.51. The zero-order valence-corrected chi connectivity index (χ0v) is 14.0. The molecule has 2 nitrogen and oxygen atoms in total. The molecule has 0 spiro atoms. The summed E-state index contributed by atoms with van der Waals surface area (Å²) >= 11 is 0. The van der Waals surface area contributed by atoms with E-state index in [0.717, 1.165) is 12.0 Å². The van der Waals surface area contributed by atoms with Crippen LogP contribution in [0.4, 0.5) is 0 Å². The van der Waals surface area contributed by atoms with Gasteiger partial charge < -0.3 is 5.32 Å². The molecule has 0 atom stereocenters. The number of allylic oxidation sites excluding steroid dienone is 3. The first-order valence-electron chi connectivity index (χ1n) is 7.93. The molecule has 2 heteroatoms. The number of hydrogen-bond donors (Lipinski definition) is 1. The Labute approximate surface area is 134 Å². The lowest BCUT2D eigenvalue weighted by molar-refractivity contribution is 0.0957. The van der Waals surface area contributed by atoms with Gasteiger partial charge in [0.25, 0.3) is 5.91 Å². The number of rotatable bonds is 8. The quantitative estimate of drug-likeness (QED) is 0.689.